The lowest BCUT2D eigenvalue weighted by Crippen LogP contribution is -2.46. The average molecular weight is 372 g/mol. The number of aldehydes is 1. The lowest BCUT2D eigenvalue weighted by molar-refractivity contribution is -0.136. The van der Waals surface area contributed by atoms with Gasteiger partial charge in [0.05, 0.1) is 18.0 Å². The minimum absolute atomic E-state index is 0.0258. The minimum atomic E-state index is -1.79. The third-order valence-electron chi connectivity index (χ3n) is 2.81. The van der Waals surface area contributed by atoms with Crippen LogP contribution < -0.4 is 0 Å². The Bertz CT molecular complexity index is 503. The molecule has 0 aliphatic heterocycles. The Kier molecular flexibility index (Phi) is 9.55. The molecule has 0 bridgehead atoms. The van der Waals surface area contributed by atoms with E-state index in [9.17, 15) is 9.90 Å². The number of rotatable bonds is 5. The lowest BCUT2D eigenvalue weighted by Gasteiger charge is -2.22. The van der Waals surface area contributed by atoms with Gasteiger partial charge in [-0.2, -0.15) is 0 Å². The number of nitrogens with zero attached hydrogens (tertiary/aromatic N) is 1. The van der Waals surface area contributed by atoms with E-state index in [0.717, 1.165) is 0 Å². The summed E-state index contributed by atoms with van der Waals surface area (Å²) in [6.45, 7) is 2.67. The highest BCUT2D eigenvalue weighted by Gasteiger charge is 2.29. The fourth-order valence-corrected chi connectivity index (χ4v) is 1.73. The molecule has 4 atom stereocenters. The monoisotopic (exact) mass is 371 g/mol. The Labute approximate surface area is 142 Å². The van der Waals surface area contributed by atoms with E-state index in [2.05, 4.69) is 4.98 Å². The van der Waals surface area contributed by atoms with Gasteiger partial charge in [0.15, 0.2) is 12.0 Å². The van der Waals surface area contributed by atoms with E-state index in [-0.39, 0.29) is 22.1 Å². The van der Waals surface area contributed by atoms with Gasteiger partial charge in [-0.3, -0.25) is 4.98 Å². The molecule has 10 heteroatoms. The van der Waals surface area contributed by atoms with Crippen molar-refractivity contribution in [1.29, 1.82) is 0 Å². The van der Waals surface area contributed by atoms with Crippen molar-refractivity contribution in [3.8, 4) is 5.75 Å². The Morgan fingerprint density at radius 3 is 1.83 bits per heavy atom. The smallest absolute Gasteiger partial charge is 0.156 e. The first-order chi connectivity index (χ1) is 10.6. The topological polar surface area (TPSA) is 151 Å². The van der Waals surface area contributed by atoms with Crippen LogP contribution >= 0.6 is 23.2 Å². The van der Waals surface area contributed by atoms with Gasteiger partial charge < -0.3 is 35.4 Å². The van der Waals surface area contributed by atoms with Gasteiger partial charge in [0, 0.05) is 0 Å². The van der Waals surface area contributed by atoms with E-state index in [4.69, 9.17) is 48.7 Å². The zero-order valence-corrected chi connectivity index (χ0v) is 13.9. The van der Waals surface area contributed by atoms with E-state index in [1.807, 2.05) is 0 Å². The molecule has 0 spiro atoms. The second-order valence-electron chi connectivity index (χ2n) is 4.62. The van der Waals surface area contributed by atoms with Crippen molar-refractivity contribution in [3.05, 3.63) is 21.4 Å². The first-order valence-electron chi connectivity index (χ1n) is 6.38. The largest absolute Gasteiger partial charge is 0.505 e. The first-order valence-corrected chi connectivity index (χ1v) is 7.13. The quantitative estimate of drug-likeness (QED) is 0.373. The van der Waals surface area contributed by atoms with Crippen molar-refractivity contribution >= 4 is 29.5 Å². The highest BCUT2D eigenvalue weighted by Crippen LogP contribution is 2.34. The van der Waals surface area contributed by atoms with Gasteiger partial charge in [-0.1, -0.05) is 23.2 Å². The molecule has 8 nitrogen and oxygen atoms in total. The molecule has 0 aliphatic rings. The van der Waals surface area contributed by atoms with Gasteiger partial charge in [-0.05, 0) is 13.8 Å². The van der Waals surface area contributed by atoms with Crippen LogP contribution in [-0.2, 0) is 4.79 Å². The molecule has 0 fully saturated rings. The summed E-state index contributed by atoms with van der Waals surface area (Å²) in [4.78, 5) is 13.9. The molecular weight excluding hydrogens is 353 g/mol. The number of carbonyl (C=O) groups is 1. The van der Waals surface area contributed by atoms with Gasteiger partial charge in [0.1, 0.15) is 34.5 Å². The summed E-state index contributed by atoms with van der Waals surface area (Å²) in [6, 6.07) is 0. The van der Waals surface area contributed by atoms with Crippen LogP contribution in [0.1, 0.15) is 11.4 Å². The fourth-order valence-electron chi connectivity index (χ4n) is 1.41. The van der Waals surface area contributed by atoms with E-state index in [1.165, 1.54) is 0 Å². The Morgan fingerprint density at radius 2 is 1.48 bits per heavy atom. The molecule has 1 rings (SSSR count). The van der Waals surface area contributed by atoms with Gasteiger partial charge in [-0.15, -0.1) is 0 Å². The summed E-state index contributed by atoms with van der Waals surface area (Å²) in [5.41, 5.74) is 1.18. The van der Waals surface area contributed by atoms with Crippen molar-refractivity contribution in [1.82, 2.24) is 4.98 Å². The molecule has 6 N–H and O–H groups in total. The summed E-state index contributed by atoms with van der Waals surface area (Å²) >= 11 is 11.3. The van der Waals surface area contributed by atoms with Crippen LogP contribution in [0.5, 0.6) is 5.75 Å². The van der Waals surface area contributed by atoms with Crippen molar-refractivity contribution in [2.24, 2.45) is 0 Å². The predicted molar refractivity (Wildman–Crippen MR) is 82.6 cm³/mol. The second kappa shape index (κ2) is 9.99. The molecule has 1 heterocycles. The van der Waals surface area contributed by atoms with Crippen molar-refractivity contribution in [3.63, 3.8) is 0 Å². The molecule has 0 saturated heterocycles. The number of hydrogen-bond acceptors (Lipinski definition) is 8. The van der Waals surface area contributed by atoms with Crippen molar-refractivity contribution in [2.45, 2.75) is 38.3 Å². The Balaban J connectivity index is 0.000000422. The molecule has 0 saturated carbocycles. The van der Waals surface area contributed by atoms with Crippen LogP contribution in [0.25, 0.3) is 0 Å². The highest BCUT2D eigenvalue weighted by atomic mass is 35.5. The van der Waals surface area contributed by atoms with Crippen LogP contribution in [0.4, 0.5) is 0 Å². The van der Waals surface area contributed by atoms with Crippen LogP contribution in [0.3, 0.4) is 0 Å². The normalized spacial score (nSPS) is 15.9. The van der Waals surface area contributed by atoms with E-state index >= 15 is 0 Å². The van der Waals surface area contributed by atoms with E-state index < -0.39 is 31.0 Å². The lowest BCUT2D eigenvalue weighted by atomic mass is 10.0. The number of hydrogen-bond donors (Lipinski definition) is 6. The second-order valence-corrected chi connectivity index (χ2v) is 5.37. The molecule has 1 aromatic heterocycles. The minimum Gasteiger partial charge on any atom is -0.505 e. The van der Waals surface area contributed by atoms with E-state index in [1.54, 1.807) is 13.8 Å². The summed E-state index contributed by atoms with van der Waals surface area (Å²) in [5.74, 6) is -0.0849. The molecule has 0 aliphatic carbocycles. The number of aromatic nitrogens is 1. The first kappa shape index (κ1) is 22.0. The molecule has 0 aromatic carbocycles. The Hall–Kier alpha value is -1.00. The number of aliphatic hydroxyl groups is 5. The van der Waals surface area contributed by atoms with Crippen molar-refractivity contribution < 1.29 is 35.4 Å². The maximum atomic E-state index is 9.90. The summed E-state index contributed by atoms with van der Waals surface area (Å²) < 4.78 is 0. The molecule has 0 unspecified atom stereocenters. The maximum Gasteiger partial charge on any atom is 0.156 e. The van der Waals surface area contributed by atoms with Crippen LogP contribution in [0.15, 0.2) is 0 Å². The number of halogens is 2. The Morgan fingerprint density at radius 1 is 1.04 bits per heavy atom. The summed E-state index contributed by atoms with van der Waals surface area (Å²) in [5, 5.41) is 53.2. The summed E-state index contributed by atoms with van der Waals surface area (Å²) in [6.07, 6.45) is -6.84. The van der Waals surface area contributed by atoms with Gasteiger partial charge >= 0.3 is 0 Å². The SMILES string of the molecule is Cc1nc(C)c(Cl)c(O)c1Cl.O=C[C@H](O)[C@@H](O)[C@H](O)[C@H](O)CO. The number of aromatic hydroxyl groups is 1. The number of aliphatic hydroxyl groups excluding tert-OH is 5. The average Bonchev–Trinajstić information content (AvgIpc) is 2.55. The van der Waals surface area contributed by atoms with E-state index in [0.29, 0.717) is 11.4 Å². The van der Waals surface area contributed by atoms with Gasteiger partial charge in [0.25, 0.3) is 0 Å². The zero-order chi connectivity index (χ0) is 18.3. The highest BCUT2D eigenvalue weighted by molar-refractivity contribution is 6.37. The number of pyridine rings is 1. The summed E-state index contributed by atoms with van der Waals surface area (Å²) in [7, 11) is 0. The van der Waals surface area contributed by atoms with Gasteiger partial charge in [-0.25, -0.2) is 0 Å². The molecule has 0 amide bonds. The van der Waals surface area contributed by atoms with Crippen LogP contribution in [-0.4, -0.2) is 72.9 Å². The fraction of sp³-hybridized carbons (Fsp3) is 0.538. The van der Waals surface area contributed by atoms with Crippen LogP contribution in [0, 0.1) is 13.8 Å². The molecule has 132 valence electrons. The predicted octanol–water partition coefficient (Wildman–Crippen LogP) is -0.668. The number of aryl methyl sites for hydroxylation is 2. The zero-order valence-electron chi connectivity index (χ0n) is 12.4. The maximum absolute atomic E-state index is 9.90. The molecule has 23 heavy (non-hydrogen) atoms. The molecular formula is C13H19Cl2NO7. The number of carbonyl (C=O) groups excluding carboxylic acids is 1. The third-order valence-corrected chi connectivity index (χ3v) is 3.71. The third kappa shape index (κ3) is 6.19. The standard InChI is InChI=1S/C7H7Cl2NO.C6H12O6/c1-3-5(8)7(11)6(9)4(2)10-3;7-1-3(9)5(11)6(12)4(10)2-8/h1-2H3,(H,10,11);1,3-6,8-12H,2H2/t;3-,4+,5+,6+/m.0/s1. The van der Waals surface area contributed by atoms with Crippen LogP contribution in [0.2, 0.25) is 10.0 Å². The molecule has 1 aromatic rings. The van der Waals surface area contributed by atoms with Gasteiger partial charge in [0.2, 0.25) is 0 Å². The molecule has 0 radical (unpaired) electrons. The van der Waals surface area contributed by atoms with Crippen molar-refractivity contribution in [2.75, 3.05) is 6.61 Å².